The summed E-state index contributed by atoms with van der Waals surface area (Å²) in [4.78, 5) is 12.9. The lowest BCUT2D eigenvalue weighted by Crippen LogP contribution is -2.14. The van der Waals surface area contributed by atoms with Crippen molar-refractivity contribution in [3.63, 3.8) is 0 Å². The number of benzene rings is 2. The van der Waals surface area contributed by atoms with Crippen LogP contribution >= 0.6 is 0 Å². The normalized spacial score (nSPS) is 10.9. The molecule has 0 atom stereocenters. The predicted molar refractivity (Wildman–Crippen MR) is 118 cm³/mol. The van der Waals surface area contributed by atoms with Crippen molar-refractivity contribution < 1.29 is 4.79 Å². The summed E-state index contributed by atoms with van der Waals surface area (Å²) in [5.74, 6) is -0.140. The third kappa shape index (κ3) is 4.17. The van der Waals surface area contributed by atoms with E-state index in [-0.39, 0.29) is 5.91 Å². The highest BCUT2D eigenvalue weighted by atomic mass is 16.1. The number of hydrogen-bond acceptors (Lipinski definition) is 3. The summed E-state index contributed by atoms with van der Waals surface area (Å²) in [6.07, 6.45) is 3.65. The molecule has 0 bridgehead atoms. The Labute approximate surface area is 176 Å². The number of hydrogen-bond donors (Lipinski definition) is 1. The number of aromatic nitrogens is 4. The summed E-state index contributed by atoms with van der Waals surface area (Å²) in [6, 6.07) is 17.8. The molecule has 0 aliphatic carbocycles. The smallest absolute Gasteiger partial charge is 0.255 e. The Bertz CT molecular complexity index is 1170. The van der Waals surface area contributed by atoms with Gasteiger partial charge in [-0.15, -0.1) is 0 Å². The van der Waals surface area contributed by atoms with E-state index in [1.807, 2.05) is 71.9 Å². The maximum Gasteiger partial charge on any atom is 0.255 e. The molecule has 0 aliphatic heterocycles. The van der Waals surface area contributed by atoms with Crippen LogP contribution in [0.2, 0.25) is 0 Å². The summed E-state index contributed by atoms with van der Waals surface area (Å²) in [5.41, 5.74) is 6.60. The Morgan fingerprint density at radius 2 is 1.83 bits per heavy atom. The quantitative estimate of drug-likeness (QED) is 0.524. The Morgan fingerprint density at radius 3 is 2.60 bits per heavy atom. The van der Waals surface area contributed by atoms with Gasteiger partial charge in [-0.1, -0.05) is 36.4 Å². The number of nitrogens with one attached hydrogen (secondary N) is 1. The van der Waals surface area contributed by atoms with Crippen LogP contribution in [0.15, 0.2) is 67.0 Å². The molecule has 4 aromatic rings. The summed E-state index contributed by atoms with van der Waals surface area (Å²) in [7, 11) is 0. The molecular weight excluding hydrogens is 374 g/mol. The summed E-state index contributed by atoms with van der Waals surface area (Å²) in [6.45, 7) is 7.31. The number of amides is 1. The standard InChI is InChI=1S/C24H25N5O/c1-17-8-4-5-10-22(17)16-29-19(3)23(18(2)27-29)26-24(30)21-11-6-9-20(14-21)15-28-13-7-12-25-28/h4-14H,15-16H2,1-3H3,(H,26,30). The lowest BCUT2D eigenvalue weighted by Gasteiger charge is -2.10. The Morgan fingerprint density at radius 1 is 1.00 bits per heavy atom. The minimum atomic E-state index is -0.140. The van der Waals surface area contributed by atoms with Gasteiger partial charge < -0.3 is 5.32 Å². The lowest BCUT2D eigenvalue weighted by molar-refractivity contribution is 0.102. The van der Waals surface area contributed by atoms with E-state index in [9.17, 15) is 4.79 Å². The molecule has 2 aromatic carbocycles. The van der Waals surface area contributed by atoms with Crippen LogP contribution in [0.3, 0.4) is 0 Å². The van der Waals surface area contributed by atoms with Gasteiger partial charge in [-0.3, -0.25) is 14.2 Å². The molecule has 0 fully saturated rings. The third-order valence-corrected chi connectivity index (χ3v) is 5.29. The van der Waals surface area contributed by atoms with Crippen LogP contribution in [0.4, 0.5) is 5.69 Å². The Kier molecular flexibility index (Phi) is 5.48. The zero-order chi connectivity index (χ0) is 21.1. The molecule has 2 heterocycles. The van der Waals surface area contributed by atoms with Crippen molar-refractivity contribution in [2.45, 2.75) is 33.9 Å². The van der Waals surface area contributed by atoms with E-state index in [0.717, 1.165) is 22.6 Å². The van der Waals surface area contributed by atoms with E-state index >= 15 is 0 Å². The van der Waals surface area contributed by atoms with Crippen LogP contribution in [-0.2, 0) is 13.1 Å². The zero-order valence-corrected chi connectivity index (χ0v) is 17.5. The van der Waals surface area contributed by atoms with Crippen LogP contribution < -0.4 is 5.32 Å². The van der Waals surface area contributed by atoms with Crippen molar-refractivity contribution in [2.75, 3.05) is 5.32 Å². The van der Waals surface area contributed by atoms with E-state index in [1.165, 1.54) is 11.1 Å². The van der Waals surface area contributed by atoms with Gasteiger partial charge in [-0.25, -0.2) is 0 Å². The van der Waals surface area contributed by atoms with E-state index in [2.05, 4.69) is 34.6 Å². The second-order valence-corrected chi connectivity index (χ2v) is 7.49. The molecule has 0 radical (unpaired) electrons. The Balaban J connectivity index is 1.52. The van der Waals surface area contributed by atoms with Gasteiger partial charge in [0, 0.05) is 18.0 Å². The Hall–Kier alpha value is -3.67. The highest BCUT2D eigenvalue weighted by molar-refractivity contribution is 6.05. The van der Waals surface area contributed by atoms with Gasteiger partial charge in [0.15, 0.2) is 0 Å². The van der Waals surface area contributed by atoms with Crippen LogP contribution in [0.5, 0.6) is 0 Å². The predicted octanol–water partition coefficient (Wildman–Crippen LogP) is 4.35. The molecule has 30 heavy (non-hydrogen) atoms. The summed E-state index contributed by atoms with van der Waals surface area (Å²) in [5, 5.41) is 11.9. The van der Waals surface area contributed by atoms with Crippen molar-refractivity contribution in [2.24, 2.45) is 0 Å². The van der Waals surface area contributed by atoms with Gasteiger partial charge in [0.05, 0.1) is 30.2 Å². The molecule has 0 unspecified atom stereocenters. The van der Waals surface area contributed by atoms with Crippen LogP contribution in [0.1, 0.15) is 38.4 Å². The van der Waals surface area contributed by atoms with Crippen molar-refractivity contribution in [1.82, 2.24) is 19.6 Å². The second-order valence-electron chi connectivity index (χ2n) is 7.49. The van der Waals surface area contributed by atoms with E-state index in [1.54, 1.807) is 6.20 Å². The first-order valence-corrected chi connectivity index (χ1v) is 9.97. The molecule has 2 aromatic heterocycles. The maximum absolute atomic E-state index is 12.9. The van der Waals surface area contributed by atoms with Gasteiger partial charge in [0.25, 0.3) is 5.91 Å². The molecule has 0 aliphatic rings. The molecule has 1 N–H and O–H groups in total. The zero-order valence-electron chi connectivity index (χ0n) is 17.5. The molecular formula is C24H25N5O. The monoisotopic (exact) mass is 399 g/mol. The number of nitrogens with zero attached hydrogens (tertiary/aromatic N) is 4. The average molecular weight is 399 g/mol. The number of anilines is 1. The number of rotatable bonds is 6. The number of aryl methyl sites for hydroxylation is 2. The maximum atomic E-state index is 12.9. The molecule has 6 heteroatoms. The highest BCUT2D eigenvalue weighted by Gasteiger charge is 2.16. The highest BCUT2D eigenvalue weighted by Crippen LogP contribution is 2.22. The van der Waals surface area contributed by atoms with Gasteiger partial charge in [0.1, 0.15) is 0 Å². The first-order chi connectivity index (χ1) is 14.5. The first-order valence-electron chi connectivity index (χ1n) is 9.97. The van der Waals surface area contributed by atoms with Crippen molar-refractivity contribution in [1.29, 1.82) is 0 Å². The summed E-state index contributed by atoms with van der Waals surface area (Å²) >= 11 is 0. The van der Waals surface area contributed by atoms with Gasteiger partial charge >= 0.3 is 0 Å². The first kappa shape index (κ1) is 19.6. The minimum absolute atomic E-state index is 0.140. The fraction of sp³-hybridized carbons (Fsp3) is 0.208. The molecule has 0 saturated carbocycles. The van der Waals surface area contributed by atoms with Crippen LogP contribution in [0.25, 0.3) is 0 Å². The van der Waals surface area contributed by atoms with Gasteiger partial charge in [-0.2, -0.15) is 10.2 Å². The molecule has 0 saturated heterocycles. The topological polar surface area (TPSA) is 64.7 Å². The third-order valence-electron chi connectivity index (χ3n) is 5.29. The molecule has 6 nitrogen and oxygen atoms in total. The summed E-state index contributed by atoms with van der Waals surface area (Å²) < 4.78 is 3.78. The van der Waals surface area contributed by atoms with Crippen LogP contribution in [0, 0.1) is 20.8 Å². The van der Waals surface area contributed by atoms with Gasteiger partial charge in [-0.05, 0) is 55.7 Å². The average Bonchev–Trinajstić information content (AvgIpc) is 3.33. The van der Waals surface area contributed by atoms with Gasteiger partial charge in [0.2, 0.25) is 0 Å². The lowest BCUT2D eigenvalue weighted by atomic mass is 10.1. The number of carbonyl (C=O) groups is 1. The fourth-order valence-electron chi connectivity index (χ4n) is 3.56. The van der Waals surface area contributed by atoms with E-state index < -0.39 is 0 Å². The molecule has 1 amide bonds. The molecule has 0 spiro atoms. The fourth-order valence-corrected chi connectivity index (χ4v) is 3.56. The SMILES string of the molecule is Cc1ccccc1Cn1nc(C)c(NC(=O)c2cccc(Cn3cccn3)c2)c1C. The van der Waals surface area contributed by atoms with Crippen molar-refractivity contribution in [3.05, 3.63) is 101 Å². The van der Waals surface area contributed by atoms with Crippen molar-refractivity contribution in [3.8, 4) is 0 Å². The number of carbonyl (C=O) groups excluding carboxylic acids is 1. The second kappa shape index (κ2) is 8.37. The van der Waals surface area contributed by atoms with Crippen LogP contribution in [-0.4, -0.2) is 25.5 Å². The van der Waals surface area contributed by atoms with Crippen molar-refractivity contribution >= 4 is 11.6 Å². The van der Waals surface area contributed by atoms with E-state index in [0.29, 0.717) is 18.7 Å². The largest absolute Gasteiger partial charge is 0.319 e. The molecule has 4 rings (SSSR count). The molecule has 152 valence electrons. The van der Waals surface area contributed by atoms with E-state index in [4.69, 9.17) is 0 Å². The minimum Gasteiger partial charge on any atom is -0.319 e.